The zero-order valence-corrected chi connectivity index (χ0v) is 19.6. The Bertz CT molecular complexity index is 1260. The molecule has 1 amide bonds. The average Bonchev–Trinajstić information content (AvgIpc) is 3.24. The van der Waals surface area contributed by atoms with Crippen LogP contribution in [-0.2, 0) is 16.0 Å². The van der Waals surface area contributed by atoms with Crippen molar-refractivity contribution in [2.75, 3.05) is 24.0 Å². The number of carboxylic acids is 1. The first kappa shape index (κ1) is 23.7. The Kier molecular flexibility index (Phi) is 6.85. The zero-order valence-electron chi connectivity index (χ0n) is 18.0. The molecule has 0 saturated carbocycles. The molecule has 0 fully saturated rings. The molecule has 2 heterocycles. The number of carbonyl (C=O) groups is 3. The Morgan fingerprint density at radius 2 is 1.97 bits per heavy atom. The van der Waals surface area contributed by atoms with Gasteiger partial charge in [-0.2, -0.15) is 0 Å². The highest BCUT2D eigenvalue weighted by Gasteiger charge is 2.29. The van der Waals surface area contributed by atoms with Gasteiger partial charge < -0.3 is 15.2 Å². The molecule has 0 spiro atoms. The lowest BCUT2D eigenvalue weighted by Crippen LogP contribution is -2.38. The molecule has 2 aromatic carbocycles. The van der Waals surface area contributed by atoms with Crippen molar-refractivity contribution in [1.82, 2.24) is 0 Å². The number of carbonyl (C=O) groups excluding carboxylic acids is 2. The van der Waals surface area contributed by atoms with Crippen molar-refractivity contribution in [3.63, 3.8) is 0 Å². The van der Waals surface area contributed by atoms with E-state index >= 15 is 0 Å². The summed E-state index contributed by atoms with van der Waals surface area (Å²) in [6.07, 6.45) is -0.0994. The fraction of sp³-hybridized carbons (Fsp3) is 0.208. The Morgan fingerprint density at radius 1 is 1.24 bits per heavy atom. The zero-order chi connectivity index (χ0) is 24.4. The van der Waals surface area contributed by atoms with Crippen LogP contribution < -0.4 is 15.0 Å². The number of hydrogen-bond acceptors (Lipinski definition) is 6. The molecule has 1 unspecified atom stereocenters. The summed E-state index contributed by atoms with van der Waals surface area (Å²) < 4.78 is 20.3. The maximum atomic E-state index is 14.1. The van der Waals surface area contributed by atoms with E-state index in [1.807, 2.05) is 0 Å². The van der Waals surface area contributed by atoms with Crippen molar-refractivity contribution in [1.29, 1.82) is 0 Å². The number of rotatable bonds is 8. The predicted molar refractivity (Wildman–Crippen MR) is 128 cm³/mol. The summed E-state index contributed by atoms with van der Waals surface area (Å²) in [5.74, 6) is -2.91. The Morgan fingerprint density at radius 3 is 2.59 bits per heavy atom. The first-order chi connectivity index (χ1) is 16.3. The average molecular weight is 503 g/mol. The van der Waals surface area contributed by atoms with Gasteiger partial charge in [0, 0.05) is 36.5 Å². The smallest absolute Gasteiger partial charge is 0.312 e. The molecule has 1 aliphatic rings. The summed E-state index contributed by atoms with van der Waals surface area (Å²) in [5, 5.41) is 12.2. The Labute approximate surface area is 203 Å². The summed E-state index contributed by atoms with van der Waals surface area (Å²) in [6, 6.07) is 12.5. The van der Waals surface area contributed by atoms with E-state index in [1.54, 1.807) is 43.4 Å². The van der Waals surface area contributed by atoms with Crippen molar-refractivity contribution < 1.29 is 28.6 Å². The number of fused-ring (bicyclic) bond motifs is 1. The second kappa shape index (κ2) is 9.82. The molecule has 1 aromatic heterocycles. The molecule has 4 rings (SSSR count). The third-order valence-electron chi connectivity index (χ3n) is 5.48. The van der Waals surface area contributed by atoms with E-state index in [4.69, 9.17) is 16.3 Å². The van der Waals surface area contributed by atoms with Gasteiger partial charge in [-0.05, 0) is 35.9 Å². The molecule has 0 saturated heterocycles. The number of anilines is 2. The minimum atomic E-state index is -1.08. The van der Waals surface area contributed by atoms with Gasteiger partial charge in [-0.1, -0.05) is 23.7 Å². The molecule has 2 N–H and O–H groups in total. The molecular weight excluding hydrogens is 483 g/mol. The van der Waals surface area contributed by atoms with Crippen molar-refractivity contribution in [2.24, 2.45) is 0 Å². The molecule has 0 aliphatic carbocycles. The fourth-order valence-corrected chi connectivity index (χ4v) is 4.86. The van der Waals surface area contributed by atoms with Crippen molar-refractivity contribution in [3.8, 4) is 5.75 Å². The number of ether oxygens (including phenoxy) is 1. The summed E-state index contributed by atoms with van der Waals surface area (Å²) in [7, 11) is 1.58. The largest absolute Gasteiger partial charge is 0.481 e. The van der Waals surface area contributed by atoms with Crippen LogP contribution >= 0.6 is 22.9 Å². The number of ketones is 1. The highest BCUT2D eigenvalue weighted by molar-refractivity contribution is 7.16. The number of halogens is 2. The standard InChI is InChI=1S/C24H20ClFN2O5S/c1-27-19-11-20-16(10-18(19)26)23(30)28(12-33-20)14-4-2-13(3-5-14)8-15(29)9-17(24(31)32)21-6-7-22(25)34-21/h2-7,10-11,17,27H,8-9,12H2,1H3,(H,31,32). The fourth-order valence-electron chi connectivity index (χ4n) is 3.71. The molecule has 0 radical (unpaired) electrons. The van der Waals surface area contributed by atoms with Crippen LogP contribution in [0.2, 0.25) is 4.34 Å². The van der Waals surface area contributed by atoms with Crippen LogP contribution in [0.3, 0.4) is 0 Å². The van der Waals surface area contributed by atoms with E-state index in [0.717, 1.165) is 17.4 Å². The van der Waals surface area contributed by atoms with Gasteiger partial charge in [0.05, 0.1) is 21.5 Å². The van der Waals surface area contributed by atoms with Crippen molar-refractivity contribution in [2.45, 2.75) is 18.8 Å². The molecule has 7 nitrogen and oxygen atoms in total. The number of hydrogen-bond donors (Lipinski definition) is 2. The van der Waals surface area contributed by atoms with Crippen LogP contribution in [0.15, 0.2) is 48.5 Å². The predicted octanol–water partition coefficient (Wildman–Crippen LogP) is 4.95. The molecule has 10 heteroatoms. The molecule has 176 valence electrons. The molecule has 0 bridgehead atoms. The lowest BCUT2D eigenvalue weighted by atomic mass is 9.97. The molecule has 3 aromatic rings. The number of amides is 1. The number of nitrogens with zero attached hydrogens (tertiary/aromatic N) is 1. The van der Waals surface area contributed by atoms with Gasteiger partial charge >= 0.3 is 5.97 Å². The van der Waals surface area contributed by atoms with Gasteiger partial charge in [0.2, 0.25) is 0 Å². The third-order valence-corrected chi connectivity index (χ3v) is 6.82. The van der Waals surface area contributed by atoms with E-state index < -0.39 is 23.6 Å². The maximum absolute atomic E-state index is 14.1. The van der Waals surface area contributed by atoms with Gasteiger partial charge in [0.1, 0.15) is 17.3 Å². The number of nitrogens with one attached hydrogen (secondary N) is 1. The van der Waals surface area contributed by atoms with Crippen molar-refractivity contribution in [3.05, 3.63) is 74.7 Å². The number of benzene rings is 2. The highest BCUT2D eigenvalue weighted by Crippen LogP contribution is 2.33. The molecule has 34 heavy (non-hydrogen) atoms. The van der Waals surface area contributed by atoms with Gasteiger partial charge in [-0.25, -0.2) is 4.39 Å². The van der Waals surface area contributed by atoms with Crippen LogP contribution in [0.4, 0.5) is 15.8 Å². The van der Waals surface area contributed by atoms with Crippen LogP contribution in [0.5, 0.6) is 5.75 Å². The lowest BCUT2D eigenvalue weighted by molar-refractivity contribution is -0.140. The van der Waals surface area contributed by atoms with Gasteiger partial charge in [-0.15, -0.1) is 11.3 Å². The quantitative estimate of drug-likeness (QED) is 0.452. The minimum absolute atomic E-state index is 0.0391. The summed E-state index contributed by atoms with van der Waals surface area (Å²) in [4.78, 5) is 39.0. The summed E-state index contributed by atoms with van der Waals surface area (Å²) in [5.41, 5.74) is 1.57. The SMILES string of the molecule is CNc1cc2c(cc1F)C(=O)N(c1ccc(CC(=O)CC(C(=O)O)c3ccc(Cl)s3)cc1)CO2. The Hall–Kier alpha value is -3.43. The third kappa shape index (κ3) is 4.90. The summed E-state index contributed by atoms with van der Waals surface area (Å²) >= 11 is 7.04. The van der Waals surface area contributed by atoms with Crippen LogP contribution in [0.1, 0.15) is 33.1 Å². The van der Waals surface area contributed by atoms with Crippen LogP contribution in [-0.4, -0.2) is 36.5 Å². The summed E-state index contributed by atoms with van der Waals surface area (Å²) in [6.45, 7) is -0.0391. The first-order valence-electron chi connectivity index (χ1n) is 10.3. The van der Waals surface area contributed by atoms with E-state index in [1.165, 1.54) is 11.0 Å². The van der Waals surface area contributed by atoms with Crippen LogP contribution in [0, 0.1) is 5.82 Å². The lowest BCUT2D eigenvalue weighted by Gasteiger charge is -2.29. The van der Waals surface area contributed by atoms with E-state index in [-0.39, 0.29) is 36.6 Å². The topological polar surface area (TPSA) is 95.9 Å². The Balaban J connectivity index is 1.44. The van der Waals surface area contributed by atoms with Crippen molar-refractivity contribution >= 4 is 52.0 Å². The maximum Gasteiger partial charge on any atom is 0.312 e. The van der Waals surface area contributed by atoms with E-state index in [0.29, 0.717) is 26.2 Å². The van der Waals surface area contributed by atoms with Crippen LogP contribution in [0.25, 0.3) is 0 Å². The number of thiophene rings is 1. The number of aliphatic carboxylic acids is 1. The molecule has 1 atom stereocenters. The van der Waals surface area contributed by atoms with E-state index in [9.17, 15) is 23.9 Å². The number of carboxylic acid groups (broad SMARTS) is 1. The van der Waals surface area contributed by atoms with Gasteiger partial charge in [-0.3, -0.25) is 19.3 Å². The van der Waals surface area contributed by atoms with Gasteiger partial charge in [0.15, 0.2) is 6.73 Å². The minimum Gasteiger partial charge on any atom is -0.481 e. The second-order valence-corrected chi connectivity index (χ2v) is 9.45. The monoisotopic (exact) mass is 502 g/mol. The molecular formula is C24H20ClFN2O5S. The number of Topliss-reactive ketones (excluding diaryl/α,β-unsaturated/α-hetero) is 1. The first-order valence-corrected chi connectivity index (χ1v) is 11.5. The second-order valence-electron chi connectivity index (χ2n) is 7.70. The normalized spacial score (nSPS) is 13.7. The van der Waals surface area contributed by atoms with Gasteiger partial charge in [0.25, 0.3) is 5.91 Å². The highest BCUT2D eigenvalue weighted by atomic mass is 35.5. The molecule has 1 aliphatic heterocycles. The van der Waals surface area contributed by atoms with E-state index in [2.05, 4.69) is 5.32 Å².